The molecule has 2 saturated heterocycles. The van der Waals surface area contributed by atoms with Crippen LogP contribution in [0, 0.1) is 0 Å². The number of hydrogen-bond acceptors (Lipinski definition) is 3. The van der Waals surface area contributed by atoms with Crippen LogP contribution in [0.2, 0.25) is 10.3 Å². The molecule has 2 fully saturated rings. The van der Waals surface area contributed by atoms with E-state index < -0.39 is 0 Å². The molecule has 0 aliphatic carbocycles. The lowest BCUT2D eigenvalue weighted by Crippen LogP contribution is -2.17. The first kappa shape index (κ1) is 11.7. The van der Waals surface area contributed by atoms with E-state index in [0.29, 0.717) is 16.4 Å². The van der Waals surface area contributed by atoms with Crippen molar-refractivity contribution in [3.63, 3.8) is 0 Å². The minimum Gasteiger partial charge on any atom is -0.374 e. The minimum atomic E-state index is 0.264. The van der Waals surface area contributed by atoms with Crippen molar-refractivity contribution in [1.29, 1.82) is 0 Å². The van der Waals surface area contributed by atoms with Crippen LogP contribution in [0.4, 0.5) is 0 Å². The molecule has 3 rings (SSSR count). The van der Waals surface area contributed by atoms with Gasteiger partial charge in [0.25, 0.3) is 0 Å². The van der Waals surface area contributed by atoms with E-state index in [1.54, 1.807) is 0 Å². The van der Waals surface area contributed by atoms with Crippen LogP contribution >= 0.6 is 23.2 Å². The van der Waals surface area contributed by atoms with Crippen molar-refractivity contribution in [2.45, 2.75) is 50.7 Å². The molecule has 2 aliphatic heterocycles. The largest absolute Gasteiger partial charge is 0.374 e. The first-order chi connectivity index (χ1) is 8.19. The van der Waals surface area contributed by atoms with Crippen LogP contribution in [0.25, 0.3) is 0 Å². The molecule has 3 unspecified atom stereocenters. The molecule has 0 spiro atoms. The molecule has 0 aromatic carbocycles. The van der Waals surface area contributed by atoms with Gasteiger partial charge in [-0.25, -0.2) is 9.97 Å². The van der Waals surface area contributed by atoms with Crippen molar-refractivity contribution in [2.24, 2.45) is 0 Å². The molecule has 0 N–H and O–H groups in total. The summed E-state index contributed by atoms with van der Waals surface area (Å²) in [6.07, 6.45) is 4.67. The lowest BCUT2D eigenvalue weighted by atomic mass is 9.88. The summed E-state index contributed by atoms with van der Waals surface area (Å²) in [7, 11) is 0. The van der Waals surface area contributed by atoms with Crippen LogP contribution < -0.4 is 0 Å². The van der Waals surface area contributed by atoms with Crippen molar-refractivity contribution in [1.82, 2.24) is 9.97 Å². The SMILES string of the molecule is CCc1c(Cl)nc(C2CC3CCC2O3)nc1Cl. The summed E-state index contributed by atoms with van der Waals surface area (Å²) in [6.45, 7) is 2.00. The Hall–Kier alpha value is -0.380. The Bertz CT molecular complexity index is 429. The van der Waals surface area contributed by atoms with Gasteiger partial charge in [-0.15, -0.1) is 0 Å². The highest BCUT2D eigenvalue weighted by molar-refractivity contribution is 6.34. The van der Waals surface area contributed by atoms with E-state index in [4.69, 9.17) is 27.9 Å². The highest BCUT2D eigenvalue weighted by Crippen LogP contribution is 2.44. The number of rotatable bonds is 2. The molecule has 0 saturated carbocycles. The fraction of sp³-hybridized carbons (Fsp3) is 0.667. The van der Waals surface area contributed by atoms with Crippen molar-refractivity contribution >= 4 is 23.2 Å². The maximum absolute atomic E-state index is 6.14. The highest BCUT2D eigenvalue weighted by atomic mass is 35.5. The Morgan fingerprint density at radius 2 is 1.94 bits per heavy atom. The molecule has 1 aromatic heterocycles. The van der Waals surface area contributed by atoms with E-state index in [1.165, 1.54) is 0 Å². The fourth-order valence-corrected chi connectivity index (χ4v) is 3.48. The van der Waals surface area contributed by atoms with Crippen molar-refractivity contribution in [2.75, 3.05) is 0 Å². The van der Waals surface area contributed by atoms with E-state index in [-0.39, 0.29) is 12.0 Å². The maximum Gasteiger partial charge on any atom is 0.137 e. The zero-order chi connectivity index (χ0) is 12.0. The van der Waals surface area contributed by atoms with Gasteiger partial charge in [0.2, 0.25) is 0 Å². The molecule has 3 heterocycles. The van der Waals surface area contributed by atoms with Gasteiger partial charge in [0.1, 0.15) is 16.1 Å². The molecule has 0 radical (unpaired) electrons. The van der Waals surface area contributed by atoms with Crippen LogP contribution in [0.1, 0.15) is 43.5 Å². The molecule has 2 bridgehead atoms. The third kappa shape index (κ3) is 1.94. The van der Waals surface area contributed by atoms with E-state index >= 15 is 0 Å². The smallest absolute Gasteiger partial charge is 0.137 e. The molecule has 5 heteroatoms. The second-order valence-electron chi connectivity index (χ2n) is 4.71. The van der Waals surface area contributed by atoms with Crippen molar-refractivity contribution in [3.05, 3.63) is 21.7 Å². The summed E-state index contributed by atoms with van der Waals surface area (Å²) in [6, 6.07) is 0. The summed E-state index contributed by atoms with van der Waals surface area (Å²) in [5.41, 5.74) is 0.834. The highest BCUT2D eigenvalue weighted by Gasteiger charge is 2.43. The monoisotopic (exact) mass is 272 g/mol. The van der Waals surface area contributed by atoms with Crippen LogP contribution in [-0.2, 0) is 11.2 Å². The molecule has 3 atom stereocenters. The fourth-order valence-electron chi connectivity index (χ4n) is 2.81. The van der Waals surface area contributed by atoms with Crippen molar-refractivity contribution < 1.29 is 4.74 Å². The molecule has 92 valence electrons. The zero-order valence-corrected chi connectivity index (χ0v) is 11.1. The van der Waals surface area contributed by atoms with E-state index in [2.05, 4.69) is 9.97 Å². The Morgan fingerprint density at radius 3 is 2.41 bits per heavy atom. The van der Waals surface area contributed by atoms with Gasteiger partial charge in [-0.3, -0.25) is 0 Å². The molecule has 2 aliphatic rings. The van der Waals surface area contributed by atoms with Gasteiger partial charge in [-0.2, -0.15) is 0 Å². The molecular weight excluding hydrogens is 259 g/mol. The van der Waals surface area contributed by atoms with Gasteiger partial charge in [0.15, 0.2) is 0 Å². The number of aromatic nitrogens is 2. The lowest BCUT2D eigenvalue weighted by Gasteiger charge is -2.18. The lowest BCUT2D eigenvalue weighted by molar-refractivity contribution is 0.0998. The zero-order valence-electron chi connectivity index (χ0n) is 9.62. The van der Waals surface area contributed by atoms with E-state index in [0.717, 1.165) is 37.1 Å². The average Bonchev–Trinajstić information content (AvgIpc) is 2.90. The Kier molecular flexibility index (Phi) is 3.01. The molecule has 17 heavy (non-hydrogen) atoms. The summed E-state index contributed by atoms with van der Waals surface area (Å²) >= 11 is 12.3. The summed E-state index contributed by atoms with van der Waals surface area (Å²) in [4.78, 5) is 8.79. The minimum absolute atomic E-state index is 0.264. The number of fused-ring (bicyclic) bond motifs is 2. The Morgan fingerprint density at radius 1 is 1.24 bits per heavy atom. The van der Waals surface area contributed by atoms with E-state index in [9.17, 15) is 0 Å². The third-order valence-corrected chi connectivity index (χ3v) is 4.34. The maximum atomic E-state index is 6.14. The molecule has 0 amide bonds. The molecular formula is C12H14Cl2N2O. The Balaban J connectivity index is 1.94. The predicted molar refractivity (Wildman–Crippen MR) is 66.7 cm³/mol. The molecule has 3 nitrogen and oxygen atoms in total. The second-order valence-corrected chi connectivity index (χ2v) is 5.43. The van der Waals surface area contributed by atoms with Gasteiger partial charge in [-0.1, -0.05) is 30.1 Å². The quantitative estimate of drug-likeness (QED) is 0.775. The number of ether oxygens (including phenoxy) is 1. The summed E-state index contributed by atoms with van der Waals surface area (Å²) in [5, 5.41) is 0.982. The number of halogens is 2. The Labute approximate surface area is 110 Å². The van der Waals surface area contributed by atoms with Crippen LogP contribution in [-0.4, -0.2) is 22.2 Å². The van der Waals surface area contributed by atoms with E-state index in [1.807, 2.05) is 6.92 Å². The first-order valence-corrected chi connectivity index (χ1v) is 6.82. The second kappa shape index (κ2) is 4.38. The summed E-state index contributed by atoms with van der Waals surface area (Å²) in [5.74, 6) is 1.03. The average molecular weight is 273 g/mol. The van der Waals surface area contributed by atoms with Gasteiger partial charge in [0, 0.05) is 11.5 Å². The standard InChI is InChI=1S/C12H14Cl2N2O/c1-2-7-10(13)15-12(16-11(7)14)8-5-6-3-4-9(8)17-6/h6,8-9H,2-5H2,1H3. The van der Waals surface area contributed by atoms with Gasteiger partial charge in [-0.05, 0) is 25.7 Å². The number of hydrogen-bond donors (Lipinski definition) is 0. The van der Waals surface area contributed by atoms with Crippen LogP contribution in [0.3, 0.4) is 0 Å². The third-order valence-electron chi connectivity index (χ3n) is 3.71. The predicted octanol–water partition coefficient (Wildman–Crippen LogP) is 3.38. The van der Waals surface area contributed by atoms with Gasteiger partial charge < -0.3 is 4.74 Å². The normalized spacial score (nSPS) is 31.1. The van der Waals surface area contributed by atoms with Crippen molar-refractivity contribution in [3.8, 4) is 0 Å². The molecule has 1 aromatic rings. The van der Waals surface area contributed by atoms with Crippen LogP contribution in [0.5, 0.6) is 0 Å². The first-order valence-electron chi connectivity index (χ1n) is 6.06. The summed E-state index contributed by atoms with van der Waals surface area (Å²) < 4.78 is 5.81. The topological polar surface area (TPSA) is 35.0 Å². The van der Waals surface area contributed by atoms with Crippen LogP contribution in [0.15, 0.2) is 0 Å². The number of nitrogens with zero attached hydrogens (tertiary/aromatic N) is 2. The van der Waals surface area contributed by atoms with Gasteiger partial charge >= 0.3 is 0 Å². The van der Waals surface area contributed by atoms with Gasteiger partial charge in [0.05, 0.1) is 12.2 Å².